The molecule has 19 heavy (non-hydrogen) atoms. The van der Waals surface area contributed by atoms with Crippen LogP contribution in [0.3, 0.4) is 0 Å². The van der Waals surface area contributed by atoms with Crippen molar-refractivity contribution in [1.82, 2.24) is 15.5 Å². The summed E-state index contributed by atoms with van der Waals surface area (Å²) in [6.07, 6.45) is 8.03. The van der Waals surface area contributed by atoms with E-state index in [9.17, 15) is 4.79 Å². The second-order valence-corrected chi connectivity index (χ2v) is 5.47. The lowest BCUT2D eigenvalue weighted by Crippen LogP contribution is -2.48. The van der Waals surface area contributed by atoms with E-state index < -0.39 is 0 Å². The molecular formula is C14H27N3O2. The molecule has 0 spiro atoms. The van der Waals surface area contributed by atoms with Crippen LogP contribution in [0.4, 0.5) is 4.79 Å². The molecule has 2 fully saturated rings. The minimum absolute atomic E-state index is 0.0472. The van der Waals surface area contributed by atoms with Crippen LogP contribution in [-0.2, 0) is 4.74 Å². The molecule has 2 rings (SSSR count). The third kappa shape index (κ3) is 5.37. The van der Waals surface area contributed by atoms with Crippen molar-refractivity contribution in [1.29, 1.82) is 0 Å². The number of hydrogen-bond acceptors (Lipinski definition) is 3. The molecule has 2 aliphatic rings. The number of nitrogens with one attached hydrogen (secondary N) is 2. The summed E-state index contributed by atoms with van der Waals surface area (Å²) in [5, 5.41) is 6.54. The number of nitrogens with zero attached hydrogens (tertiary/aromatic N) is 1. The van der Waals surface area contributed by atoms with Crippen LogP contribution in [0.1, 0.15) is 38.5 Å². The van der Waals surface area contributed by atoms with Crippen LogP contribution < -0.4 is 10.6 Å². The highest BCUT2D eigenvalue weighted by molar-refractivity contribution is 5.74. The van der Waals surface area contributed by atoms with Crippen LogP contribution in [0.25, 0.3) is 0 Å². The van der Waals surface area contributed by atoms with E-state index in [0.29, 0.717) is 38.9 Å². The van der Waals surface area contributed by atoms with Gasteiger partial charge in [-0.15, -0.1) is 0 Å². The van der Waals surface area contributed by atoms with Gasteiger partial charge in [0.25, 0.3) is 0 Å². The van der Waals surface area contributed by atoms with E-state index >= 15 is 0 Å². The summed E-state index contributed by atoms with van der Waals surface area (Å²) in [4.78, 5) is 13.7. The van der Waals surface area contributed by atoms with Crippen molar-refractivity contribution in [3.8, 4) is 0 Å². The number of rotatable bonds is 4. The van der Waals surface area contributed by atoms with E-state index in [0.717, 1.165) is 6.54 Å². The van der Waals surface area contributed by atoms with E-state index in [1.54, 1.807) is 0 Å². The number of hydrogen-bond donors (Lipinski definition) is 2. The van der Waals surface area contributed by atoms with Gasteiger partial charge in [-0.3, -0.25) is 0 Å². The maximum atomic E-state index is 11.8. The maximum Gasteiger partial charge on any atom is 0.317 e. The quantitative estimate of drug-likeness (QED) is 0.598. The normalized spacial score (nSPS) is 22.0. The third-order valence-electron chi connectivity index (χ3n) is 3.99. The molecule has 0 aromatic heterocycles. The van der Waals surface area contributed by atoms with E-state index in [4.69, 9.17) is 4.74 Å². The first kappa shape index (κ1) is 14.6. The number of carbonyl (C=O) groups is 1. The van der Waals surface area contributed by atoms with Crippen LogP contribution in [0.5, 0.6) is 0 Å². The van der Waals surface area contributed by atoms with Crippen molar-refractivity contribution in [3.63, 3.8) is 0 Å². The topological polar surface area (TPSA) is 53.6 Å². The molecule has 1 heterocycles. The lowest BCUT2D eigenvalue weighted by Gasteiger charge is -2.27. The van der Waals surface area contributed by atoms with Gasteiger partial charge in [0, 0.05) is 32.2 Å². The van der Waals surface area contributed by atoms with Gasteiger partial charge in [-0.1, -0.05) is 25.7 Å². The summed E-state index contributed by atoms with van der Waals surface area (Å²) >= 11 is 0. The van der Waals surface area contributed by atoms with Crippen LogP contribution in [0, 0.1) is 0 Å². The Labute approximate surface area is 116 Å². The van der Waals surface area contributed by atoms with E-state index in [1.165, 1.54) is 38.5 Å². The van der Waals surface area contributed by atoms with Gasteiger partial charge in [-0.2, -0.15) is 0 Å². The first-order valence-electron chi connectivity index (χ1n) is 7.70. The molecule has 0 aromatic rings. The van der Waals surface area contributed by atoms with Gasteiger partial charge < -0.3 is 20.3 Å². The van der Waals surface area contributed by atoms with Crippen LogP contribution in [0.2, 0.25) is 0 Å². The van der Waals surface area contributed by atoms with E-state index in [2.05, 4.69) is 10.6 Å². The summed E-state index contributed by atoms with van der Waals surface area (Å²) in [6.45, 7) is 4.33. The molecule has 1 aliphatic carbocycles. The third-order valence-corrected chi connectivity index (χ3v) is 3.99. The summed E-state index contributed by atoms with van der Waals surface area (Å²) in [5.41, 5.74) is 0. The number of amides is 2. The van der Waals surface area contributed by atoms with Crippen molar-refractivity contribution >= 4 is 6.03 Å². The van der Waals surface area contributed by atoms with Crippen LogP contribution >= 0.6 is 0 Å². The smallest absolute Gasteiger partial charge is 0.317 e. The number of carbonyl (C=O) groups excluding carboxylic acids is 1. The zero-order chi connectivity index (χ0) is 13.3. The lowest BCUT2D eigenvalue weighted by atomic mass is 10.1. The molecule has 110 valence electrons. The molecule has 1 aliphatic heterocycles. The average molecular weight is 269 g/mol. The lowest BCUT2D eigenvalue weighted by molar-refractivity contribution is 0.0532. The van der Waals surface area contributed by atoms with Crippen molar-refractivity contribution in [2.45, 2.75) is 44.6 Å². The monoisotopic (exact) mass is 269 g/mol. The van der Waals surface area contributed by atoms with Crippen LogP contribution in [0.15, 0.2) is 0 Å². The predicted octanol–water partition coefficient (Wildman–Crippen LogP) is 1.34. The average Bonchev–Trinajstić information content (AvgIpc) is 2.73. The fraction of sp³-hybridized carbons (Fsp3) is 0.929. The van der Waals surface area contributed by atoms with Gasteiger partial charge in [-0.25, -0.2) is 4.79 Å². The molecule has 0 atom stereocenters. The summed E-state index contributed by atoms with van der Waals surface area (Å²) < 4.78 is 5.23. The Morgan fingerprint density at radius 3 is 2.42 bits per heavy atom. The number of morpholine rings is 1. The van der Waals surface area contributed by atoms with Gasteiger partial charge in [0.15, 0.2) is 0 Å². The summed E-state index contributed by atoms with van der Waals surface area (Å²) in [6, 6.07) is 0.703. The molecule has 5 nitrogen and oxygen atoms in total. The molecule has 1 saturated heterocycles. The molecule has 1 saturated carbocycles. The van der Waals surface area contributed by atoms with Gasteiger partial charge in [0.2, 0.25) is 0 Å². The van der Waals surface area contributed by atoms with Gasteiger partial charge in [0.1, 0.15) is 0 Å². The fourth-order valence-electron chi connectivity index (χ4n) is 2.81. The standard InChI is InChI=1S/C14H27N3O2/c18-14(17-9-11-19-12-10-17)16-8-7-15-13-5-3-1-2-4-6-13/h13,15H,1-12H2,(H,16,18). The van der Waals surface area contributed by atoms with Gasteiger partial charge in [0.05, 0.1) is 13.2 Å². The highest BCUT2D eigenvalue weighted by Crippen LogP contribution is 2.16. The Hall–Kier alpha value is -0.810. The molecule has 0 aromatic carbocycles. The molecule has 5 heteroatoms. The van der Waals surface area contributed by atoms with Crippen molar-refractivity contribution < 1.29 is 9.53 Å². The zero-order valence-electron chi connectivity index (χ0n) is 11.8. The highest BCUT2D eigenvalue weighted by Gasteiger charge is 2.16. The van der Waals surface area contributed by atoms with E-state index in [-0.39, 0.29) is 6.03 Å². The van der Waals surface area contributed by atoms with Crippen molar-refractivity contribution in [2.24, 2.45) is 0 Å². The van der Waals surface area contributed by atoms with E-state index in [1.807, 2.05) is 4.90 Å². The van der Waals surface area contributed by atoms with Gasteiger partial charge >= 0.3 is 6.03 Å². The Kier molecular flexibility index (Phi) is 6.44. The second kappa shape index (κ2) is 8.38. The van der Waals surface area contributed by atoms with Crippen molar-refractivity contribution in [2.75, 3.05) is 39.4 Å². The fourth-order valence-corrected chi connectivity index (χ4v) is 2.81. The Morgan fingerprint density at radius 2 is 1.74 bits per heavy atom. The molecule has 2 N–H and O–H groups in total. The first-order valence-corrected chi connectivity index (χ1v) is 7.70. The second-order valence-electron chi connectivity index (χ2n) is 5.47. The molecule has 0 radical (unpaired) electrons. The zero-order valence-corrected chi connectivity index (χ0v) is 11.8. The summed E-state index contributed by atoms with van der Waals surface area (Å²) in [7, 11) is 0. The Balaban J connectivity index is 1.54. The first-order chi connectivity index (χ1) is 9.36. The summed E-state index contributed by atoms with van der Waals surface area (Å²) in [5.74, 6) is 0. The van der Waals surface area contributed by atoms with Gasteiger partial charge in [-0.05, 0) is 12.8 Å². The Bertz CT molecular complexity index is 259. The van der Waals surface area contributed by atoms with Crippen LogP contribution in [-0.4, -0.2) is 56.4 Å². The maximum absolute atomic E-state index is 11.8. The molecule has 2 amide bonds. The molecule has 0 bridgehead atoms. The van der Waals surface area contributed by atoms with Crippen molar-refractivity contribution in [3.05, 3.63) is 0 Å². The molecular weight excluding hydrogens is 242 g/mol. The number of urea groups is 1. The number of ether oxygens (including phenoxy) is 1. The largest absolute Gasteiger partial charge is 0.378 e. The Morgan fingerprint density at radius 1 is 1.05 bits per heavy atom. The minimum atomic E-state index is 0.0472. The molecule has 0 unspecified atom stereocenters. The predicted molar refractivity (Wildman–Crippen MR) is 75.3 cm³/mol. The SMILES string of the molecule is O=C(NCCNC1CCCCCC1)N1CCOCC1. The minimum Gasteiger partial charge on any atom is -0.378 e. The highest BCUT2D eigenvalue weighted by atomic mass is 16.5.